The summed E-state index contributed by atoms with van der Waals surface area (Å²) < 4.78 is 9.05. The van der Waals surface area contributed by atoms with Crippen molar-refractivity contribution in [2.24, 2.45) is 5.92 Å². The van der Waals surface area contributed by atoms with Gasteiger partial charge in [-0.2, -0.15) is 0 Å². The Hall–Kier alpha value is -2.26. The van der Waals surface area contributed by atoms with Crippen molar-refractivity contribution in [2.45, 2.75) is 84.5 Å². The number of aryl methyl sites for hydroxylation is 1. The Balaban J connectivity index is 1.67. The Kier molecular flexibility index (Phi) is 4.82. The number of thiophene rings is 1. The number of ether oxygens (including phenoxy) is 1. The minimum atomic E-state index is 0.114. The molecule has 3 heterocycles. The Morgan fingerprint density at radius 2 is 1.41 bits per heavy atom. The molecule has 2 aromatic carbocycles. The Bertz CT molecular complexity index is 1350. The van der Waals surface area contributed by atoms with Gasteiger partial charge in [0.25, 0.3) is 0 Å². The van der Waals surface area contributed by atoms with E-state index in [1.807, 2.05) is 11.3 Å². The van der Waals surface area contributed by atoms with Crippen LogP contribution in [0.3, 0.4) is 0 Å². The van der Waals surface area contributed by atoms with Crippen LogP contribution in [0, 0.1) is 12.8 Å². The smallest absolute Gasteiger partial charge is 0.158 e. The largest absolute Gasteiger partial charge is 0.490 e. The predicted octanol–water partition coefficient (Wildman–Crippen LogP) is 9.02. The average Bonchev–Trinajstić information content (AvgIpc) is 3.18. The van der Waals surface area contributed by atoms with E-state index < -0.39 is 0 Å². The molecule has 1 fully saturated rings. The summed E-state index contributed by atoms with van der Waals surface area (Å²) in [6.45, 7) is 17.0. The van der Waals surface area contributed by atoms with E-state index in [-0.39, 0.29) is 10.8 Å². The molecule has 2 nitrogen and oxygen atoms in total. The summed E-state index contributed by atoms with van der Waals surface area (Å²) in [6.07, 6.45) is 3.87. The molecule has 1 aliphatic heterocycles. The van der Waals surface area contributed by atoms with Gasteiger partial charge < -0.3 is 4.74 Å². The summed E-state index contributed by atoms with van der Waals surface area (Å²) >= 11 is 1.92. The minimum Gasteiger partial charge on any atom is -0.490 e. The fraction of sp³-hybridized carbons (Fsp3) is 0.484. The summed E-state index contributed by atoms with van der Waals surface area (Å²) in [6, 6.07) is 14.2. The molecular weight excluding hydrogens is 434 g/mol. The number of hydrogen-bond donors (Lipinski definition) is 0. The summed E-state index contributed by atoms with van der Waals surface area (Å²) in [4.78, 5) is 1.44. The SMILES string of the molecule is Cc1sc(-n2c3ccc(C(C)(C)C)cc3c3cc(C(C)(C)C)ccc32)c2c1C1CCC1CCO2. The van der Waals surface area contributed by atoms with Crippen LogP contribution in [0.1, 0.15) is 88.3 Å². The highest BCUT2D eigenvalue weighted by Crippen LogP contribution is 2.55. The molecule has 2 aliphatic rings. The van der Waals surface area contributed by atoms with Crippen LogP contribution < -0.4 is 4.74 Å². The molecule has 0 bridgehead atoms. The third-order valence-corrected chi connectivity index (χ3v) is 9.38. The van der Waals surface area contributed by atoms with Gasteiger partial charge in [-0.05, 0) is 84.2 Å². The molecule has 2 unspecified atom stereocenters. The van der Waals surface area contributed by atoms with E-state index in [1.165, 1.54) is 67.6 Å². The maximum absolute atomic E-state index is 6.55. The number of fused-ring (bicyclic) bond motifs is 6. The molecule has 0 radical (unpaired) electrons. The number of aromatic nitrogens is 1. The number of nitrogens with zero attached hydrogens (tertiary/aromatic N) is 1. The van der Waals surface area contributed by atoms with Crippen molar-refractivity contribution in [1.29, 1.82) is 0 Å². The van der Waals surface area contributed by atoms with Crippen molar-refractivity contribution in [2.75, 3.05) is 6.61 Å². The van der Waals surface area contributed by atoms with Crippen LogP contribution >= 0.6 is 11.3 Å². The van der Waals surface area contributed by atoms with E-state index in [0.29, 0.717) is 5.92 Å². The van der Waals surface area contributed by atoms with Crippen LogP contribution in [0.5, 0.6) is 5.75 Å². The number of rotatable bonds is 1. The summed E-state index contributed by atoms with van der Waals surface area (Å²) in [7, 11) is 0. The van der Waals surface area contributed by atoms with Crippen LogP contribution in [0.2, 0.25) is 0 Å². The molecule has 2 atom stereocenters. The maximum Gasteiger partial charge on any atom is 0.158 e. The van der Waals surface area contributed by atoms with Gasteiger partial charge in [0.1, 0.15) is 5.00 Å². The molecular formula is C31H37NOS. The van der Waals surface area contributed by atoms with Gasteiger partial charge in [0.05, 0.1) is 17.6 Å². The van der Waals surface area contributed by atoms with Crippen molar-refractivity contribution in [1.82, 2.24) is 4.57 Å². The molecule has 4 aromatic rings. The van der Waals surface area contributed by atoms with Gasteiger partial charge in [-0.25, -0.2) is 0 Å². The van der Waals surface area contributed by atoms with E-state index in [2.05, 4.69) is 89.4 Å². The summed E-state index contributed by atoms with van der Waals surface area (Å²) in [5.41, 5.74) is 7.07. The van der Waals surface area contributed by atoms with Crippen LogP contribution in [0.15, 0.2) is 36.4 Å². The fourth-order valence-corrected chi connectivity index (χ4v) is 7.21. The van der Waals surface area contributed by atoms with E-state index >= 15 is 0 Å². The van der Waals surface area contributed by atoms with Crippen molar-refractivity contribution in [3.05, 3.63) is 58.0 Å². The Morgan fingerprint density at radius 3 is 1.91 bits per heavy atom. The van der Waals surface area contributed by atoms with Crippen molar-refractivity contribution in [3.63, 3.8) is 0 Å². The molecule has 1 aliphatic carbocycles. The molecule has 0 amide bonds. The number of benzene rings is 2. The number of hydrogen-bond acceptors (Lipinski definition) is 2. The molecule has 0 N–H and O–H groups in total. The van der Waals surface area contributed by atoms with E-state index in [4.69, 9.17) is 4.74 Å². The quantitative estimate of drug-likeness (QED) is 0.270. The zero-order valence-corrected chi connectivity index (χ0v) is 22.5. The second-order valence-corrected chi connectivity index (χ2v) is 13.8. The Morgan fingerprint density at radius 1 is 0.824 bits per heavy atom. The molecule has 1 saturated carbocycles. The standard InChI is InChI=1S/C31H37NOS/c1-18-27-22-11-8-19(22)14-15-33-28(27)29(34-18)32-25-12-9-20(30(2,3)4)16-23(25)24-17-21(31(5,6)7)10-13-26(24)32/h9-10,12-13,16-17,19,22H,8,11,14-15H2,1-7H3. The maximum atomic E-state index is 6.55. The van der Waals surface area contributed by atoms with E-state index in [0.717, 1.165) is 18.3 Å². The van der Waals surface area contributed by atoms with Crippen molar-refractivity contribution >= 4 is 33.1 Å². The molecule has 0 saturated heterocycles. The van der Waals surface area contributed by atoms with Crippen LogP contribution in [0.25, 0.3) is 26.8 Å². The average molecular weight is 472 g/mol. The molecule has 0 spiro atoms. The van der Waals surface area contributed by atoms with E-state index in [1.54, 1.807) is 0 Å². The monoisotopic (exact) mass is 471 g/mol. The first-order valence-electron chi connectivity index (χ1n) is 12.9. The first-order chi connectivity index (χ1) is 16.0. The fourth-order valence-electron chi connectivity index (χ4n) is 6.02. The lowest BCUT2D eigenvalue weighted by molar-refractivity contribution is 0.217. The lowest BCUT2D eigenvalue weighted by Gasteiger charge is -2.35. The second kappa shape index (κ2) is 7.37. The van der Waals surface area contributed by atoms with Gasteiger partial charge in [-0.3, -0.25) is 4.57 Å². The molecule has 178 valence electrons. The lowest BCUT2D eigenvalue weighted by Crippen LogP contribution is -2.23. The van der Waals surface area contributed by atoms with Gasteiger partial charge in [-0.15, -0.1) is 11.3 Å². The minimum absolute atomic E-state index is 0.114. The molecule has 6 rings (SSSR count). The zero-order chi connectivity index (χ0) is 24.0. The second-order valence-electron chi connectivity index (χ2n) is 12.6. The topological polar surface area (TPSA) is 14.2 Å². The highest BCUT2D eigenvalue weighted by Gasteiger charge is 2.39. The zero-order valence-electron chi connectivity index (χ0n) is 21.7. The van der Waals surface area contributed by atoms with Crippen LogP contribution in [-0.4, -0.2) is 11.2 Å². The van der Waals surface area contributed by atoms with Crippen LogP contribution in [-0.2, 0) is 10.8 Å². The summed E-state index contributed by atoms with van der Waals surface area (Å²) in [5, 5.41) is 3.97. The molecule has 3 heteroatoms. The van der Waals surface area contributed by atoms with Gasteiger partial charge in [0.15, 0.2) is 5.75 Å². The molecule has 34 heavy (non-hydrogen) atoms. The van der Waals surface area contributed by atoms with Crippen LogP contribution in [0.4, 0.5) is 0 Å². The lowest BCUT2D eigenvalue weighted by atomic mass is 9.69. The van der Waals surface area contributed by atoms with Gasteiger partial charge in [0, 0.05) is 21.2 Å². The normalized spacial score (nSPS) is 20.6. The summed E-state index contributed by atoms with van der Waals surface area (Å²) in [5.74, 6) is 2.66. The highest BCUT2D eigenvalue weighted by molar-refractivity contribution is 7.15. The first kappa shape index (κ1) is 22.2. The van der Waals surface area contributed by atoms with Gasteiger partial charge >= 0.3 is 0 Å². The third-order valence-electron chi connectivity index (χ3n) is 8.29. The third kappa shape index (κ3) is 3.26. The molecule has 2 aromatic heterocycles. The highest BCUT2D eigenvalue weighted by atomic mass is 32.1. The van der Waals surface area contributed by atoms with E-state index in [9.17, 15) is 0 Å². The first-order valence-corrected chi connectivity index (χ1v) is 13.7. The van der Waals surface area contributed by atoms with Gasteiger partial charge in [-0.1, -0.05) is 53.7 Å². The van der Waals surface area contributed by atoms with Crippen molar-refractivity contribution in [3.8, 4) is 10.8 Å². The Labute approximate surface area is 207 Å². The van der Waals surface area contributed by atoms with Crippen molar-refractivity contribution < 1.29 is 4.74 Å². The predicted molar refractivity (Wildman–Crippen MR) is 146 cm³/mol. The van der Waals surface area contributed by atoms with Gasteiger partial charge in [0.2, 0.25) is 0 Å².